The number of thioether (sulfide) groups is 1. The number of hydrogen-bond acceptors (Lipinski definition) is 3. The summed E-state index contributed by atoms with van der Waals surface area (Å²) in [6.07, 6.45) is 1.92. The van der Waals surface area contributed by atoms with Crippen molar-refractivity contribution in [1.82, 2.24) is 0 Å². The number of hydrogen-bond donors (Lipinski definition) is 0. The molecule has 2 nitrogen and oxygen atoms in total. The largest absolute Gasteiger partial charge is 0.306 e. The molecule has 0 atom stereocenters. The normalized spacial score (nSPS) is 11.5. The van der Waals surface area contributed by atoms with Gasteiger partial charge in [0.1, 0.15) is 5.75 Å². The van der Waals surface area contributed by atoms with Crippen LogP contribution < -0.4 is 0 Å². The van der Waals surface area contributed by atoms with Crippen LogP contribution in [-0.2, 0) is 16.0 Å². The predicted molar refractivity (Wildman–Crippen MR) is 52.0 cm³/mol. The lowest BCUT2D eigenvalue weighted by atomic mass is 10.2. The Bertz CT molecular complexity index is 370. The standard InChI is InChI=1S/C8H9FO2S2/c1-12-8-4-2-7(3-5-8)6-13(9,10)11/h2-5H,6H2,1H3. The van der Waals surface area contributed by atoms with Gasteiger partial charge in [0.05, 0.1) is 0 Å². The Morgan fingerprint density at radius 3 is 2.23 bits per heavy atom. The zero-order valence-electron chi connectivity index (χ0n) is 7.03. The Morgan fingerprint density at radius 2 is 1.85 bits per heavy atom. The number of halogens is 1. The summed E-state index contributed by atoms with van der Waals surface area (Å²) in [7, 11) is -4.40. The molecule has 13 heavy (non-hydrogen) atoms. The van der Waals surface area contributed by atoms with Gasteiger partial charge in [-0.1, -0.05) is 12.1 Å². The van der Waals surface area contributed by atoms with Crippen molar-refractivity contribution in [3.63, 3.8) is 0 Å². The highest BCUT2D eigenvalue weighted by molar-refractivity contribution is 7.98. The van der Waals surface area contributed by atoms with E-state index in [1.54, 1.807) is 36.0 Å². The Hall–Kier alpha value is -0.550. The maximum absolute atomic E-state index is 12.2. The number of benzene rings is 1. The van der Waals surface area contributed by atoms with Crippen LogP contribution in [0.3, 0.4) is 0 Å². The summed E-state index contributed by atoms with van der Waals surface area (Å²) in [6, 6.07) is 6.77. The Morgan fingerprint density at radius 1 is 1.31 bits per heavy atom. The molecule has 0 heterocycles. The molecule has 0 aromatic heterocycles. The molecule has 0 N–H and O–H groups in total. The fraction of sp³-hybridized carbons (Fsp3) is 0.250. The van der Waals surface area contributed by atoms with E-state index in [1.165, 1.54) is 0 Å². The van der Waals surface area contributed by atoms with Crippen LogP contribution in [0, 0.1) is 0 Å². The third-order valence-electron chi connectivity index (χ3n) is 1.50. The van der Waals surface area contributed by atoms with Gasteiger partial charge >= 0.3 is 10.2 Å². The molecule has 0 aliphatic rings. The summed E-state index contributed by atoms with van der Waals surface area (Å²) < 4.78 is 32.8. The molecule has 0 bridgehead atoms. The van der Waals surface area contributed by atoms with Gasteiger partial charge in [-0.15, -0.1) is 15.6 Å². The quantitative estimate of drug-likeness (QED) is 0.578. The molecule has 5 heteroatoms. The van der Waals surface area contributed by atoms with Gasteiger partial charge < -0.3 is 0 Å². The summed E-state index contributed by atoms with van der Waals surface area (Å²) >= 11 is 1.55. The molecule has 72 valence electrons. The third kappa shape index (κ3) is 3.78. The van der Waals surface area contributed by atoms with Gasteiger partial charge in [-0.3, -0.25) is 0 Å². The van der Waals surface area contributed by atoms with Crippen molar-refractivity contribution in [2.75, 3.05) is 6.26 Å². The molecule has 0 unspecified atom stereocenters. The minimum atomic E-state index is -4.40. The Labute approximate surface area is 81.4 Å². The highest BCUT2D eigenvalue weighted by atomic mass is 32.3. The van der Waals surface area contributed by atoms with Crippen LogP contribution in [-0.4, -0.2) is 14.7 Å². The topological polar surface area (TPSA) is 34.1 Å². The second-order valence-electron chi connectivity index (χ2n) is 2.53. The maximum atomic E-state index is 12.2. The van der Waals surface area contributed by atoms with Crippen molar-refractivity contribution < 1.29 is 12.3 Å². The van der Waals surface area contributed by atoms with Crippen LogP contribution in [0.5, 0.6) is 0 Å². The molecule has 0 aliphatic carbocycles. The molecular weight excluding hydrogens is 211 g/mol. The van der Waals surface area contributed by atoms with Gasteiger partial charge in [-0.2, -0.15) is 8.42 Å². The SMILES string of the molecule is CSc1ccc(CS(=O)(=O)F)cc1. The molecule has 0 saturated heterocycles. The first kappa shape index (κ1) is 10.5. The van der Waals surface area contributed by atoms with E-state index in [-0.39, 0.29) is 0 Å². The Kier molecular flexibility index (Phi) is 3.33. The van der Waals surface area contributed by atoms with Gasteiger partial charge in [0.2, 0.25) is 0 Å². The number of rotatable bonds is 3. The zero-order chi connectivity index (χ0) is 9.90. The molecular formula is C8H9FO2S2. The van der Waals surface area contributed by atoms with E-state index in [4.69, 9.17) is 0 Å². The predicted octanol–water partition coefficient (Wildman–Crippen LogP) is 2.21. The second-order valence-corrected chi connectivity index (χ2v) is 4.78. The lowest BCUT2D eigenvalue weighted by Crippen LogP contribution is -1.95. The first-order valence-corrected chi connectivity index (χ1v) is 6.34. The molecule has 0 fully saturated rings. The van der Waals surface area contributed by atoms with Gasteiger partial charge in [-0.25, -0.2) is 0 Å². The van der Waals surface area contributed by atoms with E-state index in [9.17, 15) is 12.3 Å². The minimum Gasteiger partial charge on any atom is -0.194 e. The summed E-state index contributed by atoms with van der Waals surface area (Å²) in [4.78, 5) is 1.03. The molecule has 1 aromatic carbocycles. The van der Waals surface area contributed by atoms with Crippen LogP contribution in [0.1, 0.15) is 5.56 Å². The van der Waals surface area contributed by atoms with Gasteiger partial charge in [0, 0.05) is 4.90 Å². The fourth-order valence-corrected chi connectivity index (χ4v) is 1.92. The minimum absolute atomic E-state index is 0.473. The van der Waals surface area contributed by atoms with Crippen LogP contribution in [0.25, 0.3) is 0 Å². The summed E-state index contributed by atoms with van der Waals surface area (Å²) in [5, 5.41) is 0. The van der Waals surface area contributed by atoms with Gasteiger partial charge in [-0.05, 0) is 24.0 Å². The zero-order valence-corrected chi connectivity index (χ0v) is 8.66. The molecule has 1 aromatic rings. The van der Waals surface area contributed by atoms with E-state index in [0.29, 0.717) is 5.56 Å². The lowest BCUT2D eigenvalue weighted by molar-refractivity contribution is 0.551. The highest BCUT2D eigenvalue weighted by Crippen LogP contribution is 2.16. The van der Waals surface area contributed by atoms with Crippen molar-refractivity contribution in [2.45, 2.75) is 10.6 Å². The average molecular weight is 220 g/mol. The van der Waals surface area contributed by atoms with Crippen molar-refractivity contribution in [2.24, 2.45) is 0 Å². The molecule has 0 saturated carbocycles. The molecule has 0 radical (unpaired) electrons. The molecule has 1 rings (SSSR count). The maximum Gasteiger partial charge on any atom is 0.306 e. The molecule has 0 amide bonds. The van der Waals surface area contributed by atoms with E-state index in [2.05, 4.69) is 0 Å². The average Bonchev–Trinajstić information content (AvgIpc) is 2.03. The first-order valence-electron chi connectivity index (χ1n) is 3.56. The van der Waals surface area contributed by atoms with Crippen molar-refractivity contribution in [3.8, 4) is 0 Å². The van der Waals surface area contributed by atoms with E-state index >= 15 is 0 Å². The first-order chi connectivity index (χ1) is 6.01. The van der Waals surface area contributed by atoms with Crippen LogP contribution in [0.4, 0.5) is 3.89 Å². The second kappa shape index (κ2) is 4.11. The van der Waals surface area contributed by atoms with E-state index in [0.717, 1.165) is 4.90 Å². The third-order valence-corrected chi connectivity index (χ3v) is 2.92. The summed E-state index contributed by atoms with van der Waals surface area (Å²) in [5.41, 5.74) is 0.473. The fourth-order valence-electron chi connectivity index (χ4n) is 0.921. The van der Waals surface area contributed by atoms with Crippen LogP contribution in [0.2, 0.25) is 0 Å². The Balaban J connectivity index is 2.81. The van der Waals surface area contributed by atoms with Crippen LogP contribution in [0.15, 0.2) is 29.2 Å². The van der Waals surface area contributed by atoms with Crippen molar-refractivity contribution in [1.29, 1.82) is 0 Å². The summed E-state index contributed by atoms with van der Waals surface area (Å²) in [6.45, 7) is 0. The highest BCUT2D eigenvalue weighted by Gasteiger charge is 2.07. The van der Waals surface area contributed by atoms with Crippen molar-refractivity contribution in [3.05, 3.63) is 29.8 Å². The molecule has 0 aliphatic heterocycles. The summed E-state index contributed by atoms with van der Waals surface area (Å²) in [5.74, 6) is -0.540. The van der Waals surface area contributed by atoms with Gasteiger partial charge in [0.15, 0.2) is 0 Å². The monoisotopic (exact) mass is 220 g/mol. The van der Waals surface area contributed by atoms with E-state index < -0.39 is 16.0 Å². The van der Waals surface area contributed by atoms with Crippen molar-refractivity contribution >= 4 is 22.0 Å². The van der Waals surface area contributed by atoms with Crippen LogP contribution >= 0.6 is 11.8 Å². The molecule has 0 spiro atoms. The lowest BCUT2D eigenvalue weighted by Gasteiger charge is -1.98. The smallest absolute Gasteiger partial charge is 0.194 e. The van der Waals surface area contributed by atoms with Gasteiger partial charge in [0.25, 0.3) is 0 Å². The van der Waals surface area contributed by atoms with E-state index in [1.807, 2.05) is 6.26 Å².